The van der Waals surface area contributed by atoms with Crippen molar-refractivity contribution in [2.75, 3.05) is 13.2 Å². The van der Waals surface area contributed by atoms with Crippen molar-refractivity contribution in [3.8, 4) is 0 Å². The van der Waals surface area contributed by atoms with Gasteiger partial charge in [-0.1, -0.05) is 225 Å². The molecule has 1 atom stereocenters. The Bertz CT molecular complexity index is 989. The quantitative estimate of drug-likeness (QED) is 0.0262. The van der Waals surface area contributed by atoms with Crippen LogP contribution in [0.1, 0.15) is 290 Å². The molecular formula is C55H102O6. The molecule has 0 N–H and O–H groups in total. The van der Waals surface area contributed by atoms with Crippen LogP contribution in [-0.4, -0.2) is 37.2 Å². The van der Waals surface area contributed by atoms with Crippen LogP contribution in [0.5, 0.6) is 0 Å². The summed E-state index contributed by atoms with van der Waals surface area (Å²) >= 11 is 0. The number of carbonyl (C=O) groups is 3. The molecule has 358 valence electrons. The van der Waals surface area contributed by atoms with Crippen molar-refractivity contribution in [1.29, 1.82) is 0 Å². The Labute approximate surface area is 379 Å². The third-order valence-corrected chi connectivity index (χ3v) is 11.9. The molecule has 0 saturated heterocycles. The molecule has 0 aromatic carbocycles. The Morgan fingerprint density at radius 1 is 0.311 bits per heavy atom. The number of hydrogen-bond acceptors (Lipinski definition) is 6. The highest BCUT2D eigenvalue weighted by atomic mass is 16.6. The lowest BCUT2D eigenvalue weighted by Gasteiger charge is -2.18. The minimum Gasteiger partial charge on any atom is -0.462 e. The summed E-state index contributed by atoms with van der Waals surface area (Å²) < 4.78 is 16.8. The van der Waals surface area contributed by atoms with Crippen LogP contribution in [0.15, 0.2) is 24.3 Å². The van der Waals surface area contributed by atoms with Gasteiger partial charge in [-0.25, -0.2) is 0 Å². The number of allylic oxidation sites excluding steroid dienone is 4. The molecule has 0 radical (unpaired) electrons. The van der Waals surface area contributed by atoms with Gasteiger partial charge in [0.2, 0.25) is 0 Å². The highest BCUT2D eigenvalue weighted by molar-refractivity contribution is 5.71. The SMILES string of the molecule is CCCCCC/C=C/CCCCCCCCCC(=O)OC[C@@H](COC(=O)CCCCCCCCCCCCCCC)OC(=O)CCCCCCCCC/C=C/CCCCCC. The van der Waals surface area contributed by atoms with E-state index >= 15 is 0 Å². The Morgan fingerprint density at radius 3 is 0.836 bits per heavy atom. The molecule has 0 spiro atoms. The van der Waals surface area contributed by atoms with E-state index in [1.54, 1.807) is 0 Å². The number of esters is 3. The topological polar surface area (TPSA) is 78.9 Å². The molecule has 0 saturated carbocycles. The zero-order valence-electron chi connectivity index (χ0n) is 40.9. The van der Waals surface area contributed by atoms with Crippen molar-refractivity contribution < 1.29 is 28.6 Å². The summed E-state index contributed by atoms with van der Waals surface area (Å²) in [7, 11) is 0. The number of rotatable bonds is 49. The third kappa shape index (κ3) is 48.8. The van der Waals surface area contributed by atoms with Crippen molar-refractivity contribution in [1.82, 2.24) is 0 Å². The minimum atomic E-state index is -0.770. The summed E-state index contributed by atoms with van der Waals surface area (Å²) in [5.41, 5.74) is 0. The lowest BCUT2D eigenvalue weighted by atomic mass is 10.0. The van der Waals surface area contributed by atoms with Gasteiger partial charge < -0.3 is 14.2 Å². The zero-order valence-corrected chi connectivity index (χ0v) is 40.9. The molecule has 0 bridgehead atoms. The predicted molar refractivity (Wildman–Crippen MR) is 261 cm³/mol. The average molecular weight is 859 g/mol. The van der Waals surface area contributed by atoms with Gasteiger partial charge in [0.1, 0.15) is 13.2 Å². The van der Waals surface area contributed by atoms with Crippen LogP contribution in [0.3, 0.4) is 0 Å². The second kappa shape index (κ2) is 50.5. The maximum atomic E-state index is 12.8. The second-order valence-corrected chi connectivity index (χ2v) is 18.1. The molecule has 6 nitrogen and oxygen atoms in total. The summed E-state index contributed by atoms with van der Waals surface area (Å²) in [6.07, 6.45) is 57.2. The maximum Gasteiger partial charge on any atom is 0.306 e. The largest absolute Gasteiger partial charge is 0.462 e. The summed E-state index contributed by atoms with van der Waals surface area (Å²) in [6, 6.07) is 0. The van der Waals surface area contributed by atoms with E-state index in [0.717, 1.165) is 57.8 Å². The highest BCUT2D eigenvalue weighted by Gasteiger charge is 2.19. The molecule has 61 heavy (non-hydrogen) atoms. The van der Waals surface area contributed by atoms with Gasteiger partial charge in [-0.2, -0.15) is 0 Å². The van der Waals surface area contributed by atoms with Gasteiger partial charge in [-0.3, -0.25) is 14.4 Å². The molecule has 0 rings (SSSR count). The van der Waals surface area contributed by atoms with Crippen LogP contribution < -0.4 is 0 Å². The normalized spacial score (nSPS) is 12.1. The first-order valence-corrected chi connectivity index (χ1v) is 26.8. The van der Waals surface area contributed by atoms with Gasteiger partial charge in [0.15, 0.2) is 6.10 Å². The van der Waals surface area contributed by atoms with E-state index in [2.05, 4.69) is 45.1 Å². The summed E-state index contributed by atoms with van der Waals surface area (Å²) in [6.45, 7) is 6.64. The van der Waals surface area contributed by atoms with E-state index in [1.807, 2.05) is 0 Å². The fourth-order valence-corrected chi connectivity index (χ4v) is 7.84. The Morgan fingerprint density at radius 2 is 0.541 bits per heavy atom. The average Bonchev–Trinajstić information content (AvgIpc) is 3.26. The predicted octanol–water partition coefficient (Wildman–Crippen LogP) is 17.5. The monoisotopic (exact) mass is 859 g/mol. The third-order valence-electron chi connectivity index (χ3n) is 11.9. The molecule has 0 fully saturated rings. The summed E-state index contributed by atoms with van der Waals surface area (Å²) in [5, 5.41) is 0. The summed E-state index contributed by atoms with van der Waals surface area (Å²) in [5.74, 6) is -0.865. The first kappa shape index (κ1) is 58.9. The van der Waals surface area contributed by atoms with Crippen LogP contribution >= 0.6 is 0 Å². The van der Waals surface area contributed by atoms with Crippen LogP contribution in [0.4, 0.5) is 0 Å². The van der Waals surface area contributed by atoms with Gasteiger partial charge in [-0.05, 0) is 70.6 Å². The van der Waals surface area contributed by atoms with Crippen molar-refractivity contribution in [3.63, 3.8) is 0 Å². The van der Waals surface area contributed by atoms with Crippen molar-refractivity contribution >= 4 is 17.9 Å². The first-order chi connectivity index (χ1) is 30.0. The van der Waals surface area contributed by atoms with E-state index in [4.69, 9.17) is 14.2 Å². The second-order valence-electron chi connectivity index (χ2n) is 18.1. The van der Waals surface area contributed by atoms with Gasteiger partial charge >= 0.3 is 17.9 Å². The molecule has 0 aliphatic heterocycles. The fraction of sp³-hybridized carbons (Fsp3) is 0.873. The van der Waals surface area contributed by atoms with Gasteiger partial charge in [0.05, 0.1) is 0 Å². The van der Waals surface area contributed by atoms with E-state index in [-0.39, 0.29) is 31.1 Å². The standard InChI is InChI=1S/C55H102O6/c1-4-7-10-13-16-19-22-25-27-30-33-36-39-42-45-48-54(57)60-51-52(50-59-53(56)47-44-41-38-35-32-29-24-21-18-15-12-9-6-3)61-55(58)49-46-43-40-37-34-31-28-26-23-20-17-14-11-8-5-2/h19-20,22-23,52H,4-18,21,24-51H2,1-3H3/b22-19+,23-20+/t52-/m1/s1. The molecule has 0 aromatic rings. The van der Waals surface area contributed by atoms with E-state index in [9.17, 15) is 14.4 Å². The van der Waals surface area contributed by atoms with Gasteiger partial charge in [0, 0.05) is 19.3 Å². The van der Waals surface area contributed by atoms with E-state index in [0.29, 0.717) is 19.3 Å². The number of unbranched alkanes of at least 4 members (excludes halogenated alkanes) is 34. The molecule has 0 aromatic heterocycles. The fourth-order valence-electron chi connectivity index (χ4n) is 7.84. The van der Waals surface area contributed by atoms with Crippen LogP contribution in [0.25, 0.3) is 0 Å². The molecule has 0 aliphatic rings. The van der Waals surface area contributed by atoms with Gasteiger partial charge in [0.25, 0.3) is 0 Å². The van der Waals surface area contributed by atoms with Gasteiger partial charge in [-0.15, -0.1) is 0 Å². The number of ether oxygens (including phenoxy) is 3. The lowest BCUT2D eigenvalue weighted by Crippen LogP contribution is -2.30. The van der Waals surface area contributed by atoms with Crippen molar-refractivity contribution in [2.45, 2.75) is 297 Å². The summed E-state index contributed by atoms with van der Waals surface area (Å²) in [4.78, 5) is 38.0. The van der Waals surface area contributed by atoms with Crippen LogP contribution in [0.2, 0.25) is 0 Å². The van der Waals surface area contributed by atoms with E-state index < -0.39 is 6.10 Å². The maximum absolute atomic E-state index is 12.8. The molecular weight excluding hydrogens is 757 g/mol. The Kier molecular flexibility index (Phi) is 48.8. The smallest absolute Gasteiger partial charge is 0.306 e. The van der Waals surface area contributed by atoms with Crippen LogP contribution in [0, 0.1) is 0 Å². The van der Waals surface area contributed by atoms with E-state index in [1.165, 1.54) is 193 Å². The molecule has 0 amide bonds. The highest BCUT2D eigenvalue weighted by Crippen LogP contribution is 2.16. The number of carbonyl (C=O) groups excluding carboxylic acids is 3. The van der Waals surface area contributed by atoms with Crippen molar-refractivity contribution in [2.24, 2.45) is 0 Å². The number of hydrogen-bond donors (Lipinski definition) is 0. The molecule has 6 heteroatoms. The Balaban J connectivity index is 4.35. The first-order valence-electron chi connectivity index (χ1n) is 26.8. The zero-order chi connectivity index (χ0) is 44.4. The molecule has 0 heterocycles. The molecule has 0 aliphatic carbocycles. The van der Waals surface area contributed by atoms with Crippen LogP contribution in [-0.2, 0) is 28.6 Å². The molecule has 0 unspecified atom stereocenters. The Hall–Kier alpha value is -2.11. The van der Waals surface area contributed by atoms with Crippen molar-refractivity contribution in [3.05, 3.63) is 24.3 Å². The minimum absolute atomic E-state index is 0.0703. The lowest BCUT2D eigenvalue weighted by molar-refractivity contribution is -0.167.